The van der Waals surface area contributed by atoms with Crippen molar-refractivity contribution in [1.82, 2.24) is 35.5 Å². The van der Waals surface area contributed by atoms with Crippen molar-refractivity contribution in [2.75, 3.05) is 36.4 Å². The maximum atomic E-state index is 4.60. The van der Waals surface area contributed by atoms with Gasteiger partial charge in [-0.05, 0) is 12.0 Å². The summed E-state index contributed by atoms with van der Waals surface area (Å²) in [6, 6.07) is 1.88. The van der Waals surface area contributed by atoms with Gasteiger partial charge in [0, 0.05) is 43.6 Å². The summed E-state index contributed by atoms with van der Waals surface area (Å²) in [7, 11) is 0. The second kappa shape index (κ2) is 7.67. The molecule has 4 heterocycles. The van der Waals surface area contributed by atoms with Crippen LogP contribution in [-0.4, -0.2) is 56.3 Å². The van der Waals surface area contributed by atoms with Gasteiger partial charge in [0.25, 0.3) is 0 Å². The zero-order chi connectivity index (χ0) is 18.6. The molecule has 0 unspecified atom stereocenters. The molecular formula is C18H23N9. The van der Waals surface area contributed by atoms with Gasteiger partial charge in [-0.2, -0.15) is 5.10 Å². The van der Waals surface area contributed by atoms with Gasteiger partial charge in [-0.15, -0.1) is 0 Å². The van der Waals surface area contributed by atoms with Crippen molar-refractivity contribution >= 4 is 17.6 Å². The van der Waals surface area contributed by atoms with Gasteiger partial charge >= 0.3 is 0 Å². The van der Waals surface area contributed by atoms with Crippen molar-refractivity contribution in [3.8, 4) is 11.3 Å². The van der Waals surface area contributed by atoms with Gasteiger partial charge in [0.2, 0.25) is 5.95 Å². The van der Waals surface area contributed by atoms with Crippen LogP contribution in [0.2, 0.25) is 0 Å². The minimum atomic E-state index is 0.331. The molecule has 1 saturated heterocycles. The molecule has 3 N–H and O–H groups in total. The number of H-pyrrole nitrogens is 1. The molecule has 4 rings (SSSR count). The number of rotatable bonds is 5. The summed E-state index contributed by atoms with van der Waals surface area (Å²) in [5.74, 6) is 2.31. The molecule has 9 nitrogen and oxygen atoms in total. The summed E-state index contributed by atoms with van der Waals surface area (Å²) >= 11 is 0. The van der Waals surface area contributed by atoms with Gasteiger partial charge in [-0.25, -0.2) is 19.9 Å². The molecular weight excluding hydrogens is 342 g/mol. The maximum absolute atomic E-state index is 4.60. The molecule has 140 valence electrons. The average Bonchev–Trinajstić information content (AvgIpc) is 3.20. The Kier molecular flexibility index (Phi) is 4.93. The van der Waals surface area contributed by atoms with Gasteiger partial charge in [0.15, 0.2) is 5.82 Å². The minimum absolute atomic E-state index is 0.331. The molecule has 27 heavy (non-hydrogen) atoms. The maximum Gasteiger partial charge on any atom is 0.228 e. The Morgan fingerprint density at radius 3 is 2.67 bits per heavy atom. The third kappa shape index (κ3) is 3.87. The van der Waals surface area contributed by atoms with Crippen molar-refractivity contribution in [3.05, 3.63) is 36.5 Å². The lowest BCUT2D eigenvalue weighted by molar-refractivity contribution is 0.584. The Bertz CT molecular complexity index is 882. The summed E-state index contributed by atoms with van der Waals surface area (Å²) < 4.78 is 0. The summed E-state index contributed by atoms with van der Waals surface area (Å²) in [6.45, 7) is 8.05. The first-order valence-corrected chi connectivity index (χ1v) is 9.12. The lowest BCUT2D eigenvalue weighted by Crippen LogP contribution is -2.43. The van der Waals surface area contributed by atoms with Crippen LogP contribution in [0, 0.1) is 0 Å². The molecule has 0 spiro atoms. The zero-order valence-electron chi connectivity index (χ0n) is 15.5. The molecule has 3 aromatic heterocycles. The standard InChI is InChI=1S/C18H23N9/c1-12(2)17-13(9-23-26-17)14-3-4-20-18(24-14)25-15-10-22-16(11-21-15)27-7-5-19-6-8-27/h3-4,9-12,19H,5-8H2,1-2H3,(H,23,26)(H,20,21,24,25). The van der Waals surface area contributed by atoms with E-state index in [0.717, 1.165) is 48.9 Å². The third-order valence-corrected chi connectivity index (χ3v) is 4.50. The smallest absolute Gasteiger partial charge is 0.228 e. The van der Waals surface area contributed by atoms with E-state index in [4.69, 9.17) is 0 Å². The second-order valence-electron chi connectivity index (χ2n) is 6.74. The van der Waals surface area contributed by atoms with Gasteiger partial charge in [0.1, 0.15) is 5.82 Å². The largest absolute Gasteiger partial charge is 0.353 e. The molecule has 1 aliphatic heterocycles. The summed E-state index contributed by atoms with van der Waals surface area (Å²) in [5, 5.41) is 13.7. The first kappa shape index (κ1) is 17.3. The second-order valence-corrected chi connectivity index (χ2v) is 6.74. The Morgan fingerprint density at radius 1 is 1.07 bits per heavy atom. The molecule has 0 amide bonds. The van der Waals surface area contributed by atoms with E-state index in [1.54, 1.807) is 24.8 Å². The Hall–Kier alpha value is -3.07. The van der Waals surface area contributed by atoms with Crippen molar-refractivity contribution in [2.45, 2.75) is 19.8 Å². The van der Waals surface area contributed by atoms with E-state index in [1.807, 2.05) is 6.07 Å². The lowest BCUT2D eigenvalue weighted by Gasteiger charge is -2.28. The van der Waals surface area contributed by atoms with E-state index in [9.17, 15) is 0 Å². The number of anilines is 3. The highest BCUT2D eigenvalue weighted by molar-refractivity contribution is 5.63. The summed E-state index contributed by atoms with van der Waals surface area (Å²) in [6.07, 6.45) is 7.02. The molecule has 0 atom stereocenters. The highest BCUT2D eigenvalue weighted by atomic mass is 15.2. The fourth-order valence-electron chi connectivity index (χ4n) is 3.07. The monoisotopic (exact) mass is 365 g/mol. The molecule has 1 fully saturated rings. The molecule has 0 aliphatic carbocycles. The predicted octanol–water partition coefficient (Wildman–Crippen LogP) is 1.93. The van der Waals surface area contributed by atoms with Crippen LogP contribution >= 0.6 is 0 Å². The minimum Gasteiger partial charge on any atom is -0.353 e. The predicted molar refractivity (Wildman–Crippen MR) is 104 cm³/mol. The van der Waals surface area contributed by atoms with Crippen LogP contribution in [0.1, 0.15) is 25.5 Å². The molecule has 0 aromatic carbocycles. The Balaban J connectivity index is 1.50. The molecule has 0 bridgehead atoms. The van der Waals surface area contributed by atoms with Crippen LogP contribution in [-0.2, 0) is 0 Å². The topological polar surface area (TPSA) is 108 Å². The molecule has 3 aromatic rings. The lowest BCUT2D eigenvalue weighted by atomic mass is 10.0. The molecule has 0 saturated carbocycles. The van der Waals surface area contributed by atoms with Crippen LogP contribution in [0.3, 0.4) is 0 Å². The molecule has 0 radical (unpaired) electrons. The quantitative estimate of drug-likeness (QED) is 0.630. The van der Waals surface area contributed by atoms with Crippen LogP contribution in [0.5, 0.6) is 0 Å². The van der Waals surface area contributed by atoms with E-state index in [1.165, 1.54) is 0 Å². The van der Waals surface area contributed by atoms with E-state index in [0.29, 0.717) is 17.7 Å². The number of nitrogens with one attached hydrogen (secondary N) is 3. The summed E-state index contributed by atoms with van der Waals surface area (Å²) in [4.78, 5) is 20.1. The Labute approximate surface area is 157 Å². The number of piperazine rings is 1. The average molecular weight is 365 g/mol. The number of hydrogen-bond donors (Lipinski definition) is 3. The third-order valence-electron chi connectivity index (χ3n) is 4.50. The van der Waals surface area contributed by atoms with Crippen LogP contribution in [0.25, 0.3) is 11.3 Å². The number of aromatic amines is 1. The normalized spacial score (nSPS) is 14.6. The van der Waals surface area contributed by atoms with Gasteiger partial charge < -0.3 is 15.5 Å². The van der Waals surface area contributed by atoms with Gasteiger partial charge in [0.05, 0.1) is 24.3 Å². The fraction of sp³-hybridized carbons (Fsp3) is 0.389. The van der Waals surface area contributed by atoms with E-state index < -0.39 is 0 Å². The SMILES string of the molecule is CC(C)c1[nH]ncc1-c1ccnc(Nc2cnc(N3CCNCC3)cn2)n1. The first-order valence-electron chi connectivity index (χ1n) is 9.12. The highest BCUT2D eigenvalue weighted by Gasteiger charge is 2.14. The molecule has 9 heteroatoms. The van der Waals surface area contributed by atoms with E-state index >= 15 is 0 Å². The van der Waals surface area contributed by atoms with Crippen molar-refractivity contribution < 1.29 is 0 Å². The number of hydrogen-bond acceptors (Lipinski definition) is 8. The van der Waals surface area contributed by atoms with Gasteiger partial charge in [-0.1, -0.05) is 13.8 Å². The molecule has 1 aliphatic rings. The van der Waals surface area contributed by atoms with Gasteiger partial charge in [-0.3, -0.25) is 5.10 Å². The zero-order valence-corrected chi connectivity index (χ0v) is 15.5. The van der Waals surface area contributed by atoms with Crippen molar-refractivity contribution in [3.63, 3.8) is 0 Å². The van der Waals surface area contributed by atoms with Crippen molar-refractivity contribution in [1.29, 1.82) is 0 Å². The number of aromatic nitrogens is 6. The first-order chi connectivity index (χ1) is 13.2. The van der Waals surface area contributed by atoms with E-state index in [2.05, 4.69) is 59.5 Å². The summed E-state index contributed by atoms with van der Waals surface area (Å²) in [5.41, 5.74) is 2.85. The highest BCUT2D eigenvalue weighted by Crippen LogP contribution is 2.26. The van der Waals surface area contributed by atoms with E-state index in [-0.39, 0.29) is 0 Å². The fourth-order valence-corrected chi connectivity index (χ4v) is 3.07. The van der Waals surface area contributed by atoms with Crippen molar-refractivity contribution in [2.24, 2.45) is 0 Å². The number of nitrogens with zero attached hydrogens (tertiary/aromatic N) is 6. The van der Waals surface area contributed by atoms with Crippen LogP contribution in [0.4, 0.5) is 17.6 Å². The van der Waals surface area contributed by atoms with Crippen LogP contribution in [0.15, 0.2) is 30.9 Å². The van der Waals surface area contributed by atoms with Crippen LogP contribution < -0.4 is 15.5 Å². The Morgan fingerprint density at radius 2 is 1.93 bits per heavy atom.